The standard InChI is InChI=1S/C17H20N8O/c26-17(25-6-3-12-13(7-25)19-8-18-12)11-1-4-24(5-2-11)16-14-15(21-9-20-14)22-10-23-16/h8-11H,1-7H2,(H,18,19)(H,20,21,22,23). The number of carbonyl (C=O) groups is 1. The highest BCUT2D eigenvalue weighted by Crippen LogP contribution is 2.27. The van der Waals surface area contributed by atoms with Gasteiger partial charge in [0.25, 0.3) is 0 Å². The third-order valence-electron chi connectivity index (χ3n) is 5.43. The van der Waals surface area contributed by atoms with Crippen LogP contribution in [0.3, 0.4) is 0 Å². The molecule has 3 aromatic rings. The van der Waals surface area contributed by atoms with E-state index in [4.69, 9.17) is 0 Å². The van der Waals surface area contributed by atoms with Crippen LogP contribution in [0.1, 0.15) is 24.2 Å². The number of imidazole rings is 2. The predicted molar refractivity (Wildman–Crippen MR) is 94.3 cm³/mol. The summed E-state index contributed by atoms with van der Waals surface area (Å²) in [6.45, 7) is 3.03. The number of piperidine rings is 1. The first-order chi connectivity index (χ1) is 12.8. The molecule has 2 aliphatic rings. The van der Waals surface area contributed by atoms with E-state index < -0.39 is 0 Å². The third-order valence-corrected chi connectivity index (χ3v) is 5.43. The zero-order chi connectivity index (χ0) is 17.5. The molecule has 5 heterocycles. The van der Waals surface area contributed by atoms with Crippen molar-refractivity contribution in [2.24, 2.45) is 5.92 Å². The summed E-state index contributed by atoms with van der Waals surface area (Å²) in [4.78, 5) is 40.5. The molecule has 0 aliphatic carbocycles. The number of nitrogens with zero attached hydrogens (tertiary/aromatic N) is 6. The second-order valence-corrected chi connectivity index (χ2v) is 6.90. The first-order valence-electron chi connectivity index (χ1n) is 8.98. The van der Waals surface area contributed by atoms with Crippen LogP contribution >= 0.6 is 0 Å². The number of nitrogens with one attached hydrogen (secondary N) is 2. The number of carbonyl (C=O) groups excluding carboxylic acids is 1. The lowest BCUT2D eigenvalue weighted by molar-refractivity contribution is -0.137. The number of hydrogen-bond acceptors (Lipinski definition) is 6. The van der Waals surface area contributed by atoms with Gasteiger partial charge in [-0.15, -0.1) is 0 Å². The molecule has 0 bridgehead atoms. The number of aromatic amines is 2. The van der Waals surface area contributed by atoms with E-state index in [9.17, 15) is 4.79 Å². The van der Waals surface area contributed by atoms with Gasteiger partial charge < -0.3 is 19.8 Å². The van der Waals surface area contributed by atoms with Crippen molar-refractivity contribution in [1.29, 1.82) is 0 Å². The number of H-pyrrole nitrogens is 2. The summed E-state index contributed by atoms with van der Waals surface area (Å²) in [5, 5.41) is 0. The van der Waals surface area contributed by atoms with Crippen LogP contribution in [-0.4, -0.2) is 60.3 Å². The lowest BCUT2D eigenvalue weighted by atomic mass is 9.94. The van der Waals surface area contributed by atoms with Crippen LogP contribution in [0.15, 0.2) is 19.0 Å². The Hall–Kier alpha value is -2.97. The van der Waals surface area contributed by atoms with Crippen LogP contribution < -0.4 is 4.90 Å². The van der Waals surface area contributed by atoms with Gasteiger partial charge in [0.15, 0.2) is 11.5 Å². The number of anilines is 1. The Balaban J connectivity index is 1.26. The Morgan fingerprint density at radius 2 is 1.88 bits per heavy atom. The zero-order valence-corrected chi connectivity index (χ0v) is 14.4. The highest BCUT2D eigenvalue weighted by molar-refractivity contribution is 5.83. The van der Waals surface area contributed by atoms with Crippen molar-refractivity contribution in [3.63, 3.8) is 0 Å². The van der Waals surface area contributed by atoms with Crippen molar-refractivity contribution in [3.05, 3.63) is 30.4 Å². The van der Waals surface area contributed by atoms with Crippen molar-refractivity contribution >= 4 is 22.9 Å². The monoisotopic (exact) mass is 352 g/mol. The van der Waals surface area contributed by atoms with Crippen LogP contribution in [0.4, 0.5) is 5.82 Å². The van der Waals surface area contributed by atoms with Gasteiger partial charge in [0.05, 0.1) is 30.6 Å². The molecule has 0 aromatic carbocycles. The highest BCUT2D eigenvalue weighted by atomic mass is 16.2. The summed E-state index contributed by atoms with van der Waals surface area (Å²) in [6.07, 6.45) is 7.41. The van der Waals surface area contributed by atoms with E-state index in [0.717, 1.165) is 61.6 Å². The van der Waals surface area contributed by atoms with Crippen LogP contribution in [0.25, 0.3) is 11.2 Å². The van der Waals surface area contributed by atoms with Crippen molar-refractivity contribution in [3.8, 4) is 0 Å². The number of hydrogen-bond donors (Lipinski definition) is 2. The summed E-state index contributed by atoms with van der Waals surface area (Å²) < 4.78 is 0. The fraction of sp³-hybridized carbons (Fsp3) is 0.471. The molecule has 9 nitrogen and oxygen atoms in total. The minimum absolute atomic E-state index is 0.0785. The minimum Gasteiger partial charge on any atom is -0.355 e. The highest BCUT2D eigenvalue weighted by Gasteiger charge is 2.31. The summed E-state index contributed by atoms with van der Waals surface area (Å²) in [5.74, 6) is 1.22. The number of aromatic nitrogens is 6. The first kappa shape index (κ1) is 15.3. The molecule has 134 valence electrons. The number of amides is 1. The largest absolute Gasteiger partial charge is 0.355 e. The fourth-order valence-corrected chi connectivity index (χ4v) is 3.99. The Kier molecular flexibility index (Phi) is 3.58. The van der Waals surface area contributed by atoms with Gasteiger partial charge in [-0.3, -0.25) is 4.79 Å². The van der Waals surface area contributed by atoms with Gasteiger partial charge >= 0.3 is 0 Å². The van der Waals surface area contributed by atoms with Gasteiger partial charge in [0.1, 0.15) is 11.8 Å². The predicted octanol–water partition coefficient (Wildman–Crippen LogP) is 0.877. The Morgan fingerprint density at radius 3 is 2.77 bits per heavy atom. The molecule has 0 atom stereocenters. The summed E-state index contributed by atoms with van der Waals surface area (Å²) in [6, 6.07) is 0. The normalized spacial score (nSPS) is 18.3. The van der Waals surface area contributed by atoms with E-state index in [2.05, 4.69) is 34.8 Å². The summed E-state index contributed by atoms with van der Waals surface area (Å²) in [5.41, 5.74) is 3.71. The number of fused-ring (bicyclic) bond motifs is 2. The maximum atomic E-state index is 12.9. The van der Waals surface area contributed by atoms with E-state index in [1.807, 2.05) is 4.90 Å². The van der Waals surface area contributed by atoms with Crippen LogP contribution in [-0.2, 0) is 17.8 Å². The van der Waals surface area contributed by atoms with Gasteiger partial charge in [0.2, 0.25) is 5.91 Å². The lowest BCUT2D eigenvalue weighted by Crippen LogP contribution is -2.44. The molecule has 9 heteroatoms. The maximum Gasteiger partial charge on any atom is 0.226 e. The van der Waals surface area contributed by atoms with Gasteiger partial charge in [0, 0.05) is 32.0 Å². The van der Waals surface area contributed by atoms with Crippen molar-refractivity contribution in [2.75, 3.05) is 24.5 Å². The molecular weight excluding hydrogens is 332 g/mol. The fourth-order valence-electron chi connectivity index (χ4n) is 3.99. The van der Waals surface area contributed by atoms with E-state index in [-0.39, 0.29) is 11.8 Å². The van der Waals surface area contributed by atoms with Gasteiger partial charge in [-0.05, 0) is 12.8 Å². The minimum atomic E-state index is 0.0785. The average Bonchev–Trinajstić information content (AvgIpc) is 3.35. The molecule has 1 amide bonds. The SMILES string of the molecule is O=C(C1CCN(c2ncnc3nc[nH]c23)CC1)N1CCc2nc[nH]c2C1. The maximum absolute atomic E-state index is 12.9. The second-order valence-electron chi connectivity index (χ2n) is 6.90. The zero-order valence-electron chi connectivity index (χ0n) is 14.4. The van der Waals surface area contributed by atoms with E-state index >= 15 is 0 Å². The molecule has 3 aromatic heterocycles. The first-order valence-corrected chi connectivity index (χ1v) is 8.98. The van der Waals surface area contributed by atoms with Crippen LogP contribution in [0, 0.1) is 5.92 Å². The van der Waals surface area contributed by atoms with E-state index in [0.29, 0.717) is 12.2 Å². The van der Waals surface area contributed by atoms with Crippen molar-refractivity contribution in [1.82, 2.24) is 34.8 Å². The topological polar surface area (TPSA) is 107 Å². The molecule has 0 saturated carbocycles. The molecule has 0 spiro atoms. The molecule has 0 radical (unpaired) electrons. The van der Waals surface area contributed by atoms with E-state index in [1.165, 1.54) is 0 Å². The Morgan fingerprint density at radius 1 is 1.04 bits per heavy atom. The molecule has 1 saturated heterocycles. The summed E-state index contributed by atoms with van der Waals surface area (Å²) >= 11 is 0. The molecule has 5 rings (SSSR count). The summed E-state index contributed by atoms with van der Waals surface area (Å²) in [7, 11) is 0. The van der Waals surface area contributed by atoms with Crippen LogP contribution in [0.2, 0.25) is 0 Å². The molecule has 26 heavy (non-hydrogen) atoms. The van der Waals surface area contributed by atoms with Crippen molar-refractivity contribution in [2.45, 2.75) is 25.8 Å². The Labute approximate surface area is 149 Å². The molecular formula is C17H20N8O. The van der Waals surface area contributed by atoms with Gasteiger partial charge in [-0.1, -0.05) is 0 Å². The van der Waals surface area contributed by atoms with Gasteiger partial charge in [-0.25, -0.2) is 19.9 Å². The smallest absolute Gasteiger partial charge is 0.226 e. The molecule has 1 fully saturated rings. The Bertz CT molecular complexity index is 939. The number of rotatable bonds is 2. The quantitative estimate of drug-likeness (QED) is 0.709. The average molecular weight is 352 g/mol. The van der Waals surface area contributed by atoms with E-state index in [1.54, 1.807) is 19.0 Å². The lowest BCUT2D eigenvalue weighted by Gasteiger charge is -2.35. The second kappa shape index (κ2) is 6.08. The van der Waals surface area contributed by atoms with Crippen molar-refractivity contribution < 1.29 is 4.79 Å². The molecule has 2 aliphatic heterocycles. The van der Waals surface area contributed by atoms with Gasteiger partial charge in [-0.2, -0.15) is 0 Å². The third kappa shape index (κ3) is 2.51. The molecule has 0 unspecified atom stereocenters. The molecule has 2 N–H and O–H groups in total. The van der Waals surface area contributed by atoms with Crippen LogP contribution in [0.5, 0.6) is 0 Å².